The van der Waals surface area contributed by atoms with Gasteiger partial charge in [-0.1, -0.05) is 28.4 Å². The average molecular weight is 367 g/mol. The molecule has 8 heteroatoms. The number of anilines is 1. The van der Waals surface area contributed by atoms with Crippen LogP contribution >= 0.6 is 23.2 Å². The van der Waals surface area contributed by atoms with Gasteiger partial charge >= 0.3 is 0 Å². The Hall–Kier alpha value is -1.63. The fraction of sp³-hybridized carbons (Fsp3) is 0.438. The molecule has 6 nitrogen and oxygen atoms in total. The molecule has 2 heterocycles. The van der Waals surface area contributed by atoms with E-state index in [0.29, 0.717) is 40.4 Å². The second kappa shape index (κ2) is 5.72. The van der Waals surface area contributed by atoms with E-state index in [0.717, 1.165) is 19.3 Å². The molecule has 1 aliphatic carbocycles. The summed E-state index contributed by atoms with van der Waals surface area (Å²) in [7, 11) is 0. The summed E-state index contributed by atoms with van der Waals surface area (Å²) in [6.07, 6.45) is 3.33. The highest BCUT2D eigenvalue weighted by atomic mass is 35.5. The Morgan fingerprint density at radius 1 is 1.33 bits per heavy atom. The molecule has 2 fully saturated rings. The number of carbonyl (C=O) groups is 1. The van der Waals surface area contributed by atoms with E-state index >= 15 is 0 Å². The van der Waals surface area contributed by atoms with Crippen LogP contribution in [0, 0.1) is 0 Å². The molecule has 1 unspecified atom stereocenters. The van der Waals surface area contributed by atoms with E-state index in [-0.39, 0.29) is 5.91 Å². The molecule has 4 rings (SSSR count). The molecule has 1 saturated carbocycles. The van der Waals surface area contributed by atoms with E-state index in [1.807, 2.05) is 0 Å². The fourth-order valence-corrected chi connectivity index (χ4v) is 3.59. The summed E-state index contributed by atoms with van der Waals surface area (Å²) in [6.45, 7) is 0.523. The van der Waals surface area contributed by atoms with Crippen molar-refractivity contribution >= 4 is 34.8 Å². The lowest BCUT2D eigenvalue weighted by molar-refractivity contribution is -0.118. The van der Waals surface area contributed by atoms with E-state index in [9.17, 15) is 4.79 Å². The summed E-state index contributed by atoms with van der Waals surface area (Å²) in [4.78, 5) is 18.8. The standard InChI is InChI=1S/C16H16Cl2N4O2/c17-9-2-3-11(18)12(8-9)22-7-4-10(14(22)23)13-20-15(21-24-13)16(19)5-1-6-16/h2-3,8,10H,1,4-7,19H2. The van der Waals surface area contributed by atoms with Crippen molar-refractivity contribution in [3.05, 3.63) is 40.0 Å². The van der Waals surface area contributed by atoms with E-state index in [1.165, 1.54) is 0 Å². The maximum atomic E-state index is 12.8. The lowest BCUT2D eigenvalue weighted by Gasteiger charge is -2.34. The fourth-order valence-electron chi connectivity index (χ4n) is 3.20. The van der Waals surface area contributed by atoms with Crippen LogP contribution in [0.2, 0.25) is 10.0 Å². The highest BCUT2D eigenvalue weighted by Crippen LogP contribution is 2.39. The van der Waals surface area contributed by atoms with Gasteiger partial charge in [0.1, 0.15) is 5.92 Å². The van der Waals surface area contributed by atoms with Crippen molar-refractivity contribution in [3.63, 3.8) is 0 Å². The smallest absolute Gasteiger partial charge is 0.239 e. The number of aromatic nitrogens is 2. The van der Waals surface area contributed by atoms with E-state index < -0.39 is 11.5 Å². The predicted octanol–water partition coefficient (Wildman–Crippen LogP) is 3.23. The van der Waals surface area contributed by atoms with Crippen molar-refractivity contribution in [2.24, 2.45) is 5.73 Å². The molecule has 2 N–H and O–H groups in total. The molecule has 0 spiro atoms. The van der Waals surface area contributed by atoms with E-state index in [2.05, 4.69) is 10.1 Å². The normalized spacial score (nSPS) is 22.7. The summed E-state index contributed by atoms with van der Waals surface area (Å²) in [5, 5.41) is 5.00. The van der Waals surface area contributed by atoms with E-state index in [1.54, 1.807) is 23.1 Å². The maximum Gasteiger partial charge on any atom is 0.239 e. The third-order valence-electron chi connectivity index (χ3n) is 4.84. The van der Waals surface area contributed by atoms with Gasteiger partial charge in [0.25, 0.3) is 0 Å². The second-order valence-corrected chi connectivity index (χ2v) is 7.24. The molecule has 1 aromatic carbocycles. The number of benzene rings is 1. The molecule has 1 amide bonds. The quantitative estimate of drug-likeness (QED) is 0.900. The molecule has 1 saturated heterocycles. The van der Waals surface area contributed by atoms with Crippen molar-refractivity contribution in [2.75, 3.05) is 11.4 Å². The molecule has 126 valence electrons. The van der Waals surface area contributed by atoms with Crippen LogP contribution in [-0.2, 0) is 10.3 Å². The second-order valence-electron chi connectivity index (χ2n) is 6.39. The van der Waals surface area contributed by atoms with Crippen LogP contribution in [0.4, 0.5) is 5.69 Å². The van der Waals surface area contributed by atoms with Gasteiger partial charge in [0.2, 0.25) is 11.8 Å². The first kappa shape index (κ1) is 15.9. The summed E-state index contributed by atoms with van der Waals surface area (Å²) >= 11 is 12.2. The summed E-state index contributed by atoms with van der Waals surface area (Å²) < 4.78 is 5.33. The lowest BCUT2D eigenvalue weighted by Crippen LogP contribution is -2.44. The van der Waals surface area contributed by atoms with Crippen LogP contribution in [0.3, 0.4) is 0 Å². The molecular weight excluding hydrogens is 351 g/mol. The Morgan fingerprint density at radius 3 is 2.83 bits per heavy atom. The van der Waals surface area contributed by atoms with Gasteiger partial charge in [0.15, 0.2) is 5.82 Å². The number of nitrogens with two attached hydrogens (primary N) is 1. The SMILES string of the molecule is NC1(c2noc(C3CCN(c4cc(Cl)ccc4Cl)C3=O)n2)CCC1. The Labute approximate surface area is 148 Å². The molecule has 1 atom stereocenters. The highest BCUT2D eigenvalue weighted by Gasteiger charge is 2.42. The predicted molar refractivity (Wildman–Crippen MR) is 90.2 cm³/mol. The van der Waals surface area contributed by atoms with Crippen LogP contribution in [0.5, 0.6) is 0 Å². The van der Waals surface area contributed by atoms with Crippen LogP contribution in [0.15, 0.2) is 22.7 Å². The Kier molecular flexibility index (Phi) is 3.78. The zero-order chi connectivity index (χ0) is 16.9. The van der Waals surface area contributed by atoms with Gasteiger partial charge in [0.05, 0.1) is 16.2 Å². The first-order valence-electron chi connectivity index (χ1n) is 7.87. The zero-order valence-corrected chi connectivity index (χ0v) is 14.3. The Bertz CT molecular complexity index is 803. The Balaban J connectivity index is 1.58. The first-order valence-corrected chi connectivity index (χ1v) is 8.63. The number of rotatable bonds is 3. The number of amides is 1. The van der Waals surface area contributed by atoms with E-state index in [4.69, 9.17) is 33.5 Å². The lowest BCUT2D eigenvalue weighted by atomic mass is 9.77. The van der Waals surface area contributed by atoms with Gasteiger partial charge in [-0.3, -0.25) is 4.79 Å². The van der Waals surface area contributed by atoms with Gasteiger partial charge in [-0.2, -0.15) is 4.98 Å². The Morgan fingerprint density at radius 2 is 2.12 bits per heavy atom. The molecule has 1 aromatic heterocycles. The topological polar surface area (TPSA) is 85.2 Å². The average Bonchev–Trinajstić information content (AvgIpc) is 3.14. The van der Waals surface area contributed by atoms with Gasteiger partial charge in [0, 0.05) is 11.6 Å². The summed E-state index contributed by atoms with van der Waals surface area (Å²) in [6, 6.07) is 5.06. The monoisotopic (exact) mass is 366 g/mol. The minimum atomic E-state index is -0.501. The summed E-state index contributed by atoms with van der Waals surface area (Å²) in [5.74, 6) is 0.238. The third-order valence-corrected chi connectivity index (χ3v) is 5.39. The van der Waals surface area contributed by atoms with Crippen molar-refractivity contribution in [1.82, 2.24) is 10.1 Å². The van der Waals surface area contributed by atoms with Crippen molar-refractivity contribution < 1.29 is 9.32 Å². The molecule has 0 radical (unpaired) electrons. The van der Waals surface area contributed by atoms with Crippen molar-refractivity contribution in [1.29, 1.82) is 0 Å². The van der Waals surface area contributed by atoms with Crippen molar-refractivity contribution in [3.8, 4) is 0 Å². The maximum absolute atomic E-state index is 12.8. The molecule has 1 aliphatic heterocycles. The number of nitrogens with zero attached hydrogens (tertiary/aromatic N) is 3. The number of carbonyl (C=O) groups excluding carboxylic acids is 1. The van der Waals surface area contributed by atoms with Crippen LogP contribution in [-0.4, -0.2) is 22.6 Å². The largest absolute Gasteiger partial charge is 0.338 e. The third kappa shape index (κ3) is 2.49. The molecule has 2 aromatic rings. The summed E-state index contributed by atoms with van der Waals surface area (Å²) in [5.41, 5.74) is 6.32. The van der Waals surface area contributed by atoms with Crippen molar-refractivity contribution in [2.45, 2.75) is 37.1 Å². The van der Waals surface area contributed by atoms with Gasteiger partial charge < -0.3 is 15.2 Å². The zero-order valence-electron chi connectivity index (χ0n) is 12.8. The van der Waals surface area contributed by atoms with Gasteiger partial charge in [-0.05, 0) is 43.9 Å². The van der Waals surface area contributed by atoms with Crippen LogP contribution in [0.1, 0.15) is 43.3 Å². The number of halogens is 2. The molecule has 0 bridgehead atoms. The first-order chi connectivity index (χ1) is 11.5. The number of hydrogen-bond donors (Lipinski definition) is 1. The van der Waals surface area contributed by atoms with Gasteiger partial charge in [-0.25, -0.2) is 0 Å². The molecule has 2 aliphatic rings. The van der Waals surface area contributed by atoms with Gasteiger partial charge in [-0.15, -0.1) is 0 Å². The molecule has 24 heavy (non-hydrogen) atoms. The van der Waals surface area contributed by atoms with Crippen LogP contribution < -0.4 is 10.6 Å². The molecular formula is C16H16Cl2N4O2. The number of hydrogen-bond acceptors (Lipinski definition) is 5. The highest BCUT2D eigenvalue weighted by molar-refractivity contribution is 6.35. The minimum Gasteiger partial charge on any atom is -0.338 e. The minimum absolute atomic E-state index is 0.117. The van der Waals surface area contributed by atoms with Crippen LogP contribution in [0.25, 0.3) is 0 Å².